The normalized spacial score (nSPS) is 12.1. The van der Waals surface area contributed by atoms with Crippen molar-refractivity contribution in [3.05, 3.63) is 297 Å². The molecule has 0 amide bonds. The van der Waals surface area contributed by atoms with Crippen LogP contribution in [-0.2, 0) is 0 Å². The van der Waals surface area contributed by atoms with Gasteiger partial charge in [0.2, 0.25) is 11.9 Å². The van der Waals surface area contributed by atoms with E-state index in [1.165, 1.54) is 42.3 Å². The van der Waals surface area contributed by atoms with Gasteiger partial charge >= 0.3 is 0 Å². The van der Waals surface area contributed by atoms with E-state index in [2.05, 4.69) is 316 Å². The van der Waals surface area contributed by atoms with Crippen molar-refractivity contribution in [3.8, 4) is 34.7 Å². The average molecular weight is 1080 g/mol. The second-order valence-corrected chi connectivity index (χ2v) is 25.3. The Morgan fingerprint density at radius 2 is 0.518 bits per heavy atom. The van der Waals surface area contributed by atoms with Gasteiger partial charge in [-0.3, -0.25) is 9.13 Å². The second kappa shape index (κ2) is 18.6. The molecule has 83 heavy (non-hydrogen) atoms. The number of para-hydroxylation sites is 6. The maximum Gasteiger partial charge on any atom is 0.240 e. The van der Waals surface area contributed by atoms with Gasteiger partial charge in [0.05, 0.1) is 44.1 Å². The molecule has 388 valence electrons. The Kier molecular flexibility index (Phi) is 10.5. The highest BCUT2D eigenvalue weighted by atomic mass is 28.3. The van der Waals surface area contributed by atoms with Crippen LogP contribution in [0.25, 0.3) is 122 Å². The third-order valence-corrected chi connectivity index (χ3v) is 21.9. The Morgan fingerprint density at radius 3 is 0.880 bits per heavy atom. The molecule has 17 rings (SSSR count). The lowest BCUT2D eigenvalue weighted by Gasteiger charge is -2.34. The van der Waals surface area contributed by atoms with Crippen molar-refractivity contribution >= 4 is 116 Å². The minimum atomic E-state index is -2.95. The number of hydrogen-bond acceptors (Lipinski definition) is 3. The minimum Gasteiger partial charge on any atom is -0.309 e. The molecule has 0 atom stereocenters. The summed E-state index contributed by atoms with van der Waals surface area (Å²) in [7, 11) is -2.95. The van der Waals surface area contributed by atoms with Gasteiger partial charge in [-0.2, -0.15) is 15.0 Å². The third kappa shape index (κ3) is 7.06. The van der Waals surface area contributed by atoms with Gasteiger partial charge in [-0.25, -0.2) is 0 Å². The molecule has 0 N–H and O–H groups in total. The molecule has 0 radical (unpaired) electrons. The zero-order chi connectivity index (χ0) is 54.6. The molecular weight excluding hydrogens is 1030 g/mol. The number of nitrogens with zero attached hydrogens (tertiary/aromatic N) is 7. The molecule has 7 nitrogen and oxygen atoms in total. The van der Waals surface area contributed by atoms with Gasteiger partial charge < -0.3 is 9.13 Å². The van der Waals surface area contributed by atoms with Gasteiger partial charge in [-0.15, -0.1) is 0 Å². The molecule has 5 heterocycles. The van der Waals surface area contributed by atoms with Gasteiger partial charge in [-0.1, -0.05) is 224 Å². The van der Waals surface area contributed by atoms with Gasteiger partial charge in [0.25, 0.3) is 0 Å². The average Bonchev–Trinajstić information content (AvgIpc) is 4.26. The molecule has 0 fully saturated rings. The smallest absolute Gasteiger partial charge is 0.240 e. The van der Waals surface area contributed by atoms with Crippen molar-refractivity contribution in [3.63, 3.8) is 0 Å². The number of aromatic nitrogens is 7. The van der Waals surface area contributed by atoms with Crippen molar-refractivity contribution in [2.24, 2.45) is 0 Å². The minimum absolute atomic E-state index is 0.518. The summed E-state index contributed by atoms with van der Waals surface area (Å²) in [6, 6.07) is 108. The molecule has 0 spiro atoms. The van der Waals surface area contributed by atoms with Crippen LogP contribution in [0.3, 0.4) is 0 Å². The first-order chi connectivity index (χ1) is 41.2. The predicted molar refractivity (Wildman–Crippen MR) is 346 cm³/mol. The van der Waals surface area contributed by atoms with E-state index in [-0.39, 0.29) is 0 Å². The fraction of sp³-hybridized carbons (Fsp3) is 0. The number of fused-ring (bicyclic) bond motifs is 12. The molecule has 0 saturated heterocycles. The molecule has 17 aromatic rings. The molecule has 0 aliphatic carbocycles. The van der Waals surface area contributed by atoms with Crippen molar-refractivity contribution in [1.29, 1.82) is 0 Å². The first-order valence-electron chi connectivity index (χ1n) is 28.3. The first-order valence-corrected chi connectivity index (χ1v) is 30.3. The summed E-state index contributed by atoms with van der Waals surface area (Å²) >= 11 is 0. The summed E-state index contributed by atoms with van der Waals surface area (Å²) in [5.41, 5.74) is 11.6. The molecular formula is C75H49N7Si. The van der Waals surface area contributed by atoms with E-state index in [4.69, 9.17) is 15.0 Å². The van der Waals surface area contributed by atoms with Gasteiger partial charge in [0.15, 0.2) is 13.9 Å². The topological polar surface area (TPSA) is 58.4 Å². The largest absolute Gasteiger partial charge is 0.309 e. The predicted octanol–water partition coefficient (Wildman–Crippen LogP) is 15.3. The summed E-state index contributed by atoms with van der Waals surface area (Å²) in [4.78, 5) is 17.0. The maximum atomic E-state index is 5.70. The standard InChI is InChI=1S/C75H49N7Si/c1-4-24-53(25-5-1)83(54-26-6-2-7-27-54,55-28-8-3-9-29-55)56-30-22-23-50(47-56)73-76-74(81-69-41-20-14-35-61(69)62-36-15-21-42-70(62)81)78-75(77-73)82-71-45-43-51(79-65-37-16-10-31-57(65)58-32-11-17-38-66(58)79)48-63(71)64-49-52(44-46-72(64)82)80-67-39-18-12-33-59(67)60-34-13-19-40-68(60)80/h1-49H. The summed E-state index contributed by atoms with van der Waals surface area (Å²) in [5, 5.41) is 14.4. The lowest BCUT2D eigenvalue weighted by Crippen LogP contribution is -2.74. The lowest BCUT2D eigenvalue weighted by molar-refractivity contribution is 0.893. The first kappa shape index (κ1) is 46.9. The van der Waals surface area contributed by atoms with E-state index in [1.807, 2.05) is 0 Å². The highest BCUT2D eigenvalue weighted by Crippen LogP contribution is 2.40. The van der Waals surface area contributed by atoms with E-state index in [0.717, 1.165) is 82.6 Å². The molecule has 0 saturated carbocycles. The van der Waals surface area contributed by atoms with Crippen LogP contribution in [0.1, 0.15) is 0 Å². The number of hydrogen-bond donors (Lipinski definition) is 0. The highest BCUT2D eigenvalue weighted by Gasteiger charge is 2.41. The fourth-order valence-corrected chi connectivity index (χ4v) is 18.5. The molecule has 0 aliphatic rings. The van der Waals surface area contributed by atoms with Crippen LogP contribution in [-0.4, -0.2) is 41.3 Å². The SMILES string of the molecule is c1ccc([Si](c2ccccc2)(c2ccccc2)c2cccc(-c3nc(-n4c5ccccc5c5ccccc54)nc(-n4c5ccc(-n6c7ccccc7c7ccccc76)cc5c5cc(-n6c7ccccc7c7ccccc76)ccc54)n3)c2)cc1. The van der Waals surface area contributed by atoms with Crippen LogP contribution in [0.2, 0.25) is 0 Å². The molecule has 12 aromatic carbocycles. The van der Waals surface area contributed by atoms with E-state index < -0.39 is 8.07 Å². The van der Waals surface area contributed by atoms with Crippen LogP contribution in [0, 0.1) is 0 Å². The Morgan fingerprint density at radius 1 is 0.217 bits per heavy atom. The van der Waals surface area contributed by atoms with Gasteiger partial charge in [0, 0.05) is 60.0 Å². The quantitative estimate of drug-likeness (QED) is 0.107. The van der Waals surface area contributed by atoms with Crippen LogP contribution in [0.5, 0.6) is 0 Å². The summed E-state index contributed by atoms with van der Waals surface area (Å²) < 4.78 is 9.29. The number of benzene rings is 12. The second-order valence-electron chi connectivity index (χ2n) is 21.5. The van der Waals surface area contributed by atoms with E-state index in [9.17, 15) is 0 Å². The Bertz CT molecular complexity index is 4980. The van der Waals surface area contributed by atoms with Crippen LogP contribution in [0.15, 0.2) is 297 Å². The molecule has 8 heteroatoms. The Hall–Kier alpha value is -10.9. The molecule has 0 aliphatic heterocycles. The van der Waals surface area contributed by atoms with Crippen molar-refractivity contribution < 1.29 is 0 Å². The third-order valence-electron chi connectivity index (χ3n) is 17.2. The van der Waals surface area contributed by atoms with Crippen molar-refractivity contribution in [1.82, 2.24) is 33.2 Å². The molecule has 0 unspecified atom stereocenters. The molecule has 0 bridgehead atoms. The van der Waals surface area contributed by atoms with Crippen LogP contribution < -0.4 is 20.7 Å². The van der Waals surface area contributed by atoms with E-state index in [0.29, 0.717) is 17.7 Å². The Labute approximate surface area is 478 Å². The van der Waals surface area contributed by atoms with Gasteiger partial charge in [-0.05, 0) is 93.5 Å². The zero-order valence-electron chi connectivity index (χ0n) is 44.9. The Balaban J connectivity index is 0.963. The zero-order valence-corrected chi connectivity index (χ0v) is 45.9. The summed E-state index contributed by atoms with van der Waals surface area (Å²) in [5.74, 6) is 1.62. The molecule has 5 aromatic heterocycles. The monoisotopic (exact) mass is 1080 g/mol. The van der Waals surface area contributed by atoms with E-state index >= 15 is 0 Å². The maximum absolute atomic E-state index is 5.70. The fourth-order valence-electron chi connectivity index (χ4n) is 13.7. The van der Waals surface area contributed by atoms with Crippen LogP contribution in [0.4, 0.5) is 0 Å². The summed E-state index contributed by atoms with van der Waals surface area (Å²) in [6.07, 6.45) is 0. The summed E-state index contributed by atoms with van der Waals surface area (Å²) in [6.45, 7) is 0. The van der Waals surface area contributed by atoms with Crippen molar-refractivity contribution in [2.45, 2.75) is 0 Å². The van der Waals surface area contributed by atoms with E-state index in [1.54, 1.807) is 0 Å². The lowest BCUT2D eigenvalue weighted by atomic mass is 10.1. The number of rotatable bonds is 9. The van der Waals surface area contributed by atoms with Gasteiger partial charge in [0.1, 0.15) is 0 Å². The van der Waals surface area contributed by atoms with Crippen LogP contribution >= 0.6 is 0 Å². The van der Waals surface area contributed by atoms with Crippen molar-refractivity contribution in [2.75, 3.05) is 0 Å². The highest BCUT2D eigenvalue weighted by molar-refractivity contribution is 7.19.